The second-order valence-electron chi connectivity index (χ2n) is 7.14. The molecule has 0 aromatic rings. The van der Waals surface area contributed by atoms with Gasteiger partial charge < -0.3 is 0 Å². The number of rotatable bonds is 4. The van der Waals surface area contributed by atoms with Gasteiger partial charge in [0.25, 0.3) is 0 Å². The zero-order valence-corrected chi connectivity index (χ0v) is 16.9. The first-order chi connectivity index (χ1) is 12.8. The first kappa shape index (κ1) is 22.2. The standard InChI is InChI=1S/C25H32N2/c1-8-10-11-17-24(9-2)27-22(4)16-12-13-18-25(6,7)19-14-15-21(3)20-26-23(27)5/h8-18,20-21H,1-2,4-5,19H2,3,6-7H3/b11-10-,15-14-,16-12-,18-13-,24-17+,26-20-. The van der Waals surface area contributed by atoms with Crippen LogP contribution in [0.25, 0.3) is 0 Å². The molecule has 0 spiro atoms. The van der Waals surface area contributed by atoms with Gasteiger partial charge in [-0.1, -0.05) is 95.7 Å². The van der Waals surface area contributed by atoms with Crippen molar-refractivity contribution in [2.45, 2.75) is 27.2 Å². The van der Waals surface area contributed by atoms with Gasteiger partial charge in [0, 0.05) is 23.5 Å². The average molecular weight is 361 g/mol. The third-order valence-electron chi connectivity index (χ3n) is 4.02. The van der Waals surface area contributed by atoms with Crippen LogP contribution in [0.3, 0.4) is 0 Å². The second kappa shape index (κ2) is 11.0. The lowest BCUT2D eigenvalue weighted by Crippen LogP contribution is -2.18. The van der Waals surface area contributed by atoms with E-state index in [0.29, 0.717) is 5.82 Å². The maximum absolute atomic E-state index is 4.57. The van der Waals surface area contributed by atoms with E-state index < -0.39 is 0 Å². The van der Waals surface area contributed by atoms with E-state index in [2.05, 4.69) is 76.4 Å². The highest BCUT2D eigenvalue weighted by Gasteiger charge is 2.13. The number of aliphatic imine (C=N–C) groups is 1. The molecule has 2 nitrogen and oxygen atoms in total. The van der Waals surface area contributed by atoms with Crippen molar-refractivity contribution in [2.24, 2.45) is 16.3 Å². The Balaban J connectivity index is 3.33. The van der Waals surface area contributed by atoms with E-state index in [-0.39, 0.29) is 11.3 Å². The topological polar surface area (TPSA) is 15.6 Å². The van der Waals surface area contributed by atoms with Gasteiger partial charge in [0.2, 0.25) is 0 Å². The summed E-state index contributed by atoms with van der Waals surface area (Å²) in [5.41, 5.74) is 1.69. The summed E-state index contributed by atoms with van der Waals surface area (Å²) in [4.78, 5) is 6.45. The Kier molecular flexibility index (Phi) is 9.01. The van der Waals surface area contributed by atoms with E-state index in [1.165, 1.54) is 0 Å². The van der Waals surface area contributed by atoms with Crippen molar-refractivity contribution in [1.82, 2.24) is 4.90 Å². The molecule has 0 aromatic carbocycles. The lowest BCUT2D eigenvalue weighted by molar-refractivity contribution is 0.488. The zero-order chi connectivity index (χ0) is 20.3. The molecule has 142 valence electrons. The monoisotopic (exact) mass is 360 g/mol. The van der Waals surface area contributed by atoms with Gasteiger partial charge in [-0.2, -0.15) is 0 Å². The fourth-order valence-corrected chi connectivity index (χ4v) is 2.47. The Morgan fingerprint density at radius 2 is 1.96 bits per heavy atom. The number of allylic oxidation sites excluding steroid dienone is 11. The highest BCUT2D eigenvalue weighted by molar-refractivity contribution is 5.64. The number of hydrogen-bond donors (Lipinski definition) is 0. The maximum Gasteiger partial charge on any atom is 0.129 e. The molecule has 1 heterocycles. The molecule has 27 heavy (non-hydrogen) atoms. The molecule has 1 aliphatic rings. The van der Waals surface area contributed by atoms with Crippen molar-refractivity contribution in [1.29, 1.82) is 0 Å². The maximum atomic E-state index is 4.57. The van der Waals surface area contributed by atoms with Crippen LogP contribution in [0, 0.1) is 11.3 Å². The molecule has 1 atom stereocenters. The third-order valence-corrected chi connectivity index (χ3v) is 4.02. The Morgan fingerprint density at radius 1 is 1.22 bits per heavy atom. The van der Waals surface area contributed by atoms with E-state index in [4.69, 9.17) is 0 Å². The van der Waals surface area contributed by atoms with Crippen molar-refractivity contribution in [3.63, 3.8) is 0 Å². The van der Waals surface area contributed by atoms with E-state index in [1.54, 1.807) is 12.2 Å². The van der Waals surface area contributed by atoms with Crippen molar-refractivity contribution in [2.75, 3.05) is 0 Å². The molecule has 0 radical (unpaired) electrons. The minimum atomic E-state index is 0.0914. The van der Waals surface area contributed by atoms with Gasteiger partial charge >= 0.3 is 0 Å². The summed E-state index contributed by atoms with van der Waals surface area (Å²) in [6.45, 7) is 22.5. The van der Waals surface area contributed by atoms with Crippen LogP contribution < -0.4 is 0 Å². The van der Waals surface area contributed by atoms with Crippen LogP contribution in [0.1, 0.15) is 27.2 Å². The predicted octanol–water partition coefficient (Wildman–Crippen LogP) is 6.89. The quantitative estimate of drug-likeness (QED) is 0.393. The first-order valence-corrected chi connectivity index (χ1v) is 9.17. The fourth-order valence-electron chi connectivity index (χ4n) is 2.47. The van der Waals surface area contributed by atoms with Crippen LogP contribution in [0.15, 0.2) is 115 Å². The molecule has 1 unspecified atom stereocenters. The highest BCUT2D eigenvalue weighted by atomic mass is 15.2. The molecule has 1 rings (SSSR count). The van der Waals surface area contributed by atoms with Gasteiger partial charge in [-0.3, -0.25) is 4.90 Å². The van der Waals surface area contributed by atoms with Gasteiger partial charge in [0.1, 0.15) is 5.82 Å². The van der Waals surface area contributed by atoms with E-state index in [0.717, 1.165) is 17.8 Å². The summed E-state index contributed by atoms with van der Waals surface area (Å²) >= 11 is 0. The van der Waals surface area contributed by atoms with Crippen molar-refractivity contribution >= 4 is 6.21 Å². The molecule has 2 heteroatoms. The molecule has 0 bridgehead atoms. The molecule has 1 aliphatic heterocycles. The number of nitrogens with zero attached hydrogens (tertiary/aromatic N) is 2. The van der Waals surface area contributed by atoms with E-state index >= 15 is 0 Å². The minimum Gasteiger partial charge on any atom is -0.296 e. The van der Waals surface area contributed by atoms with Gasteiger partial charge in [-0.25, -0.2) is 4.99 Å². The Morgan fingerprint density at radius 3 is 2.63 bits per heavy atom. The van der Waals surface area contributed by atoms with Gasteiger partial charge in [0.05, 0.1) is 0 Å². The lowest BCUT2D eigenvalue weighted by atomic mass is 9.88. The van der Waals surface area contributed by atoms with Crippen LogP contribution in [-0.4, -0.2) is 11.1 Å². The molecule has 0 N–H and O–H groups in total. The van der Waals surface area contributed by atoms with Gasteiger partial charge in [0.15, 0.2) is 0 Å². The van der Waals surface area contributed by atoms with Gasteiger partial charge in [-0.05, 0) is 30.1 Å². The molecule has 0 amide bonds. The Labute approximate surface area is 165 Å². The second-order valence-corrected chi connectivity index (χ2v) is 7.14. The predicted molar refractivity (Wildman–Crippen MR) is 121 cm³/mol. The molecule has 0 saturated carbocycles. The van der Waals surface area contributed by atoms with Crippen LogP contribution in [0.5, 0.6) is 0 Å². The molecule has 0 fully saturated rings. The summed E-state index contributed by atoms with van der Waals surface area (Å²) in [7, 11) is 0. The smallest absolute Gasteiger partial charge is 0.129 e. The summed E-state index contributed by atoms with van der Waals surface area (Å²) in [5, 5.41) is 0. The highest BCUT2D eigenvalue weighted by Crippen LogP contribution is 2.24. The van der Waals surface area contributed by atoms with Crippen LogP contribution in [0.4, 0.5) is 0 Å². The summed E-state index contributed by atoms with van der Waals surface area (Å²) < 4.78 is 0. The van der Waals surface area contributed by atoms with Crippen molar-refractivity contribution < 1.29 is 0 Å². The average Bonchev–Trinajstić information content (AvgIpc) is 2.61. The number of hydrogen-bond acceptors (Lipinski definition) is 2. The molecular formula is C25H32N2. The normalized spacial score (nSPS) is 26.3. The molecular weight excluding hydrogens is 328 g/mol. The Bertz CT molecular complexity index is 736. The van der Waals surface area contributed by atoms with Crippen LogP contribution in [-0.2, 0) is 0 Å². The van der Waals surface area contributed by atoms with Crippen molar-refractivity contribution in [3.05, 3.63) is 110 Å². The summed E-state index contributed by atoms with van der Waals surface area (Å²) in [5.74, 6) is 0.802. The van der Waals surface area contributed by atoms with Crippen molar-refractivity contribution in [3.8, 4) is 0 Å². The minimum absolute atomic E-state index is 0.0914. The Hall–Kier alpha value is -2.87. The molecule has 0 saturated heterocycles. The zero-order valence-electron chi connectivity index (χ0n) is 16.9. The third kappa shape index (κ3) is 7.91. The summed E-state index contributed by atoms with van der Waals surface area (Å²) in [6.07, 6.45) is 24.7. The van der Waals surface area contributed by atoms with Gasteiger partial charge in [-0.15, -0.1) is 0 Å². The van der Waals surface area contributed by atoms with Crippen LogP contribution in [0.2, 0.25) is 0 Å². The molecule has 0 aliphatic carbocycles. The lowest BCUT2D eigenvalue weighted by Gasteiger charge is -2.25. The fraction of sp³-hybridized carbons (Fsp3) is 0.240. The first-order valence-electron chi connectivity index (χ1n) is 9.17. The van der Waals surface area contributed by atoms with Crippen LogP contribution >= 0.6 is 0 Å². The SMILES string of the molecule is C=C/C=C\C=C(/C=C)N1C(=C)/C=C\C=C/C(C)(C)C/C=C\C(C)/C=N\C1=C. The molecule has 0 aromatic heterocycles. The summed E-state index contributed by atoms with van der Waals surface area (Å²) in [6, 6.07) is 0. The van der Waals surface area contributed by atoms with E-state index in [1.807, 2.05) is 41.5 Å². The largest absolute Gasteiger partial charge is 0.296 e. The van der Waals surface area contributed by atoms with E-state index in [9.17, 15) is 0 Å².